The van der Waals surface area contributed by atoms with Crippen LogP contribution in [0.2, 0.25) is 0 Å². The fraction of sp³-hybridized carbons (Fsp3) is 0.333. The van der Waals surface area contributed by atoms with E-state index in [0.29, 0.717) is 5.69 Å². The molecule has 1 aromatic carbocycles. The highest BCUT2D eigenvalue weighted by molar-refractivity contribution is 5.95. The van der Waals surface area contributed by atoms with E-state index in [1.165, 1.54) is 24.1 Å². The van der Waals surface area contributed by atoms with Crippen molar-refractivity contribution in [3.8, 4) is 6.07 Å². The number of nitriles is 1. The molecule has 0 bridgehead atoms. The molecule has 1 rings (SSSR count). The molecule has 1 atom stereocenters. The minimum atomic E-state index is -0.611. The van der Waals surface area contributed by atoms with Crippen molar-refractivity contribution in [2.45, 2.75) is 19.4 Å². The summed E-state index contributed by atoms with van der Waals surface area (Å²) in [6, 6.07) is 5.55. The van der Waals surface area contributed by atoms with Gasteiger partial charge in [-0.1, -0.05) is 0 Å². The van der Waals surface area contributed by atoms with E-state index in [1.54, 1.807) is 6.92 Å². The number of nitrogens with two attached hydrogens (primary N) is 1. The van der Waals surface area contributed by atoms with Crippen LogP contribution in [0.3, 0.4) is 0 Å². The van der Waals surface area contributed by atoms with Crippen molar-refractivity contribution in [2.75, 3.05) is 12.8 Å². The fourth-order valence-electron chi connectivity index (χ4n) is 1.37. The standard InChI is InChI=1S/C12H14FN3O/c1-8(5-6-14)16(2)12(17)10-7-9(15)3-4-11(10)13/h3-4,7-8H,5,15H2,1-2H3. The van der Waals surface area contributed by atoms with Gasteiger partial charge in [0.1, 0.15) is 5.82 Å². The first-order valence-corrected chi connectivity index (χ1v) is 5.16. The lowest BCUT2D eigenvalue weighted by atomic mass is 10.1. The van der Waals surface area contributed by atoms with E-state index in [4.69, 9.17) is 11.0 Å². The maximum atomic E-state index is 13.5. The number of benzene rings is 1. The summed E-state index contributed by atoms with van der Waals surface area (Å²) in [5.74, 6) is -1.09. The molecule has 0 saturated carbocycles. The van der Waals surface area contributed by atoms with Gasteiger partial charge >= 0.3 is 0 Å². The molecule has 0 aromatic heterocycles. The van der Waals surface area contributed by atoms with Gasteiger partial charge in [-0.15, -0.1) is 0 Å². The Balaban J connectivity index is 2.96. The van der Waals surface area contributed by atoms with Crippen LogP contribution >= 0.6 is 0 Å². The monoisotopic (exact) mass is 235 g/mol. The van der Waals surface area contributed by atoms with E-state index in [1.807, 2.05) is 6.07 Å². The second-order valence-corrected chi connectivity index (χ2v) is 3.87. The molecule has 4 nitrogen and oxygen atoms in total. The second-order valence-electron chi connectivity index (χ2n) is 3.87. The fourth-order valence-corrected chi connectivity index (χ4v) is 1.37. The Kier molecular flexibility index (Phi) is 4.05. The van der Waals surface area contributed by atoms with Crippen molar-refractivity contribution >= 4 is 11.6 Å². The minimum absolute atomic E-state index is 0.0720. The smallest absolute Gasteiger partial charge is 0.256 e. The summed E-state index contributed by atoms with van der Waals surface area (Å²) in [6.45, 7) is 1.73. The second kappa shape index (κ2) is 5.30. The van der Waals surface area contributed by atoms with Gasteiger partial charge < -0.3 is 10.6 Å². The van der Waals surface area contributed by atoms with Crippen LogP contribution in [0, 0.1) is 17.1 Å². The van der Waals surface area contributed by atoms with E-state index < -0.39 is 11.7 Å². The van der Waals surface area contributed by atoms with Gasteiger partial charge in [0.25, 0.3) is 5.91 Å². The molecule has 0 fully saturated rings. The zero-order valence-corrected chi connectivity index (χ0v) is 9.77. The molecule has 1 aromatic rings. The Hall–Kier alpha value is -2.09. The molecule has 1 amide bonds. The van der Waals surface area contributed by atoms with Crippen molar-refractivity contribution in [2.24, 2.45) is 0 Å². The Bertz CT molecular complexity index is 467. The maximum absolute atomic E-state index is 13.5. The molecular formula is C12H14FN3O. The van der Waals surface area contributed by atoms with Crippen LogP contribution < -0.4 is 5.73 Å². The van der Waals surface area contributed by atoms with Crippen molar-refractivity contribution in [1.29, 1.82) is 5.26 Å². The van der Waals surface area contributed by atoms with Gasteiger partial charge in [0.15, 0.2) is 0 Å². The maximum Gasteiger partial charge on any atom is 0.256 e. The topological polar surface area (TPSA) is 70.1 Å². The lowest BCUT2D eigenvalue weighted by Crippen LogP contribution is -2.35. The highest BCUT2D eigenvalue weighted by atomic mass is 19.1. The summed E-state index contributed by atoms with van der Waals surface area (Å²) in [6.07, 6.45) is 0.201. The Morgan fingerprint density at radius 3 is 2.88 bits per heavy atom. The summed E-state index contributed by atoms with van der Waals surface area (Å²) >= 11 is 0. The number of hydrogen-bond donors (Lipinski definition) is 1. The molecule has 0 aliphatic rings. The van der Waals surface area contributed by atoms with Crippen LogP contribution in [-0.4, -0.2) is 23.9 Å². The van der Waals surface area contributed by atoms with Gasteiger partial charge in [0.2, 0.25) is 0 Å². The first kappa shape index (κ1) is 13.0. The molecule has 0 aliphatic heterocycles. The molecule has 90 valence electrons. The minimum Gasteiger partial charge on any atom is -0.399 e. The summed E-state index contributed by atoms with van der Waals surface area (Å²) in [7, 11) is 1.53. The van der Waals surface area contributed by atoms with Gasteiger partial charge in [0.05, 0.1) is 18.1 Å². The number of hydrogen-bond acceptors (Lipinski definition) is 3. The van der Waals surface area contributed by atoms with Gasteiger partial charge in [-0.05, 0) is 25.1 Å². The lowest BCUT2D eigenvalue weighted by Gasteiger charge is -2.23. The number of anilines is 1. The summed E-state index contributed by atoms with van der Waals surface area (Å²) in [5.41, 5.74) is 5.77. The predicted molar refractivity (Wildman–Crippen MR) is 62.6 cm³/mol. The average molecular weight is 235 g/mol. The van der Waals surface area contributed by atoms with Crippen molar-refractivity contribution in [3.05, 3.63) is 29.6 Å². The first-order chi connectivity index (χ1) is 7.97. The van der Waals surface area contributed by atoms with Crippen LogP contribution in [0.5, 0.6) is 0 Å². The quantitative estimate of drug-likeness (QED) is 0.812. The van der Waals surface area contributed by atoms with Crippen molar-refractivity contribution < 1.29 is 9.18 Å². The van der Waals surface area contributed by atoms with E-state index in [2.05, 4.69) is 0 Å². The van der Waals surface area contributed by atoms with Gasteiger partial charge in [-0.25, -0.2) is 4.39 Å². The van der Waals surface area contributed by atoms with Crippen LogP contribution in [-0.2, 0) is 0 Å². The molecule has 17 heavy (non-hydrogen) atoms. The number of nitrogen functional groups attached to an aromatic ring is 1. The van der Waals surface area contributed by atoms with E-state index in [0.717, 1.165) is 6.07 Å². The molecule has 0 saturated heterocycles. The highest BCUT2D eigenvalue weighted by Crippen LogP contribution is 2.15. The molecule has 0 aliphatic carbocycles. The highest BCUT2D eigenvalue weighted by Gasteiger charge is 2.20. The van der Waals surface area contributed by atoms with E-state index in [-0.39, 0.29) is 18.0 Å². The number of nitrogens with zero attached hydrogens (tertiary/aromatic N) is 2. The molecule has 0 spiro atoms. The Morgan fingerprint density at radius 2 is 2.29 bits per heavy atom. The van der Waals surface area contributed by atoms with Crippen LogP contribution in [0.1, 0.15) is 23.7 Å². The third-order valence-electron chi connectivity index (χ3n) is 2.59. The van der Waals surface area contributed by atoms with Crippen molar-refractivity contribution in [3.63, 3.8) is 0 Å². The molecule has 2 N–H and O–H groups in total. The number of halogens is 1. The lowest BCUT2D eigenvalue weighted by molar-refractivity contribution is 0.0741. The predicted octanol–water partition coefficient (Wildman–Crippen LogP) is 1.78. The zero-order chi connectivity index (χ0) is 13.0. The van der Waals surface area contributed by atoms with Crippen molar-refractivity contribution in [1.82, 2.24) is 4.90 Å². The molecular weight excluding hydrogens is 221 g/mol. The van der Waals surface area contributed by atoms with Gasteiger partial charge in [0, 0.05) is 18.8 Å². The summed E-state index contributed by atoms with van der Waals surface area (Å²) < 4.78 is 13.5. The number of amides is 1. The average Bonchev–Trinajstić information content (AvgIpc) is 2.30. The SMILES string of the molecule is CC(CC#N)N(C)C(=O)c1cc(N)ccc1F. The molecule has 0 radical (unpaired) electrons. The largest absolute Gasteiger partial charge is 0.399 e. The number of rotatable bonds is 3. The van der Waals surface area contributed by atoms with Crippen LogP contribution in [0.25, 0.3) is 0 Å². The Morgan fingerprint density at radius 1 is 1.65 bits per heavy atom. The van der Waals surface area contributed by atoms with E-state index in [9.17, 15) is 9.18 Å². The third-order valence-corrected chi connectivity index (χ3v) is 2.59. The van der Waals surface area contributed by atoms with Crippen LogP contribution in [0.4, 0.5) is 10.1 Å². The van der Waals surface area contributed by atoms with E-state index >= 15 is 0 Å². The molecule has 0 heterocycles. The van der Waals surface area contributed by atoms with Crippen LogP contribution in [0.15, 0.2) is 18.2 Å². The van der Waals surface area contributed by atoms with Gasteiger partial charge in [-0.3, -0.25) is 4.79 Å². The zero-order valence-electron chi connectivity index (χ0n) is 9.77. The number of carbonyl (C=O) groups is 1. The molecule has 5 heteroatoms. The Labute approximate surface area is 99.4 Å². The summed E-state index contributed by atoms with van der Waals surface area (Å²) in [4.78, 5) is 13.3. The van der Waals surface area contributed by atoms with Gasteiger partial charge in [-0.2, -0.15) is 5.26 Å². The number of carbonyl (C=O) groups excluding carboxylic acids is 1. The normalized spacial score (nSPS) is 11.6. The third kappa shape index (κ3) is 2.94. The first-order valence-electron chi connectivity index (χ1n) is 5.16. The molecule has 1 unspecified atom stereocenters. The summed E-state index contributed by atoms with van der Waals surface area (Å²) in [5, 5.41) is 8.55.